The first-order chi connectivity index (χ1) is 9.79. The van der Waals surface area contributed by atoms with Crippen molar-refractivity contribution in [2.75, 3.05) is 0 Å². The molecule has 0 saturated carbocycles. The van der Waals surface area contributed by atoms with E-state index in [1.807, 2.05) is 0 Å². The average Bonchev–Trinajstić information content (AvgIpc) is 2.42. The summed E-state index contributed by atoms with van der Waals surface area (Å²) in [4.78, 5) is 3.59. The molecule has 0 fully saturated rings. The minimum Gasteiger partial charge on any atom is -0.252 e. The van der Waals surface area contributed by atoms with Crippen molar-refractivity contribution in [2.45, 2.75) is 17.0 Å². The van der Waals surface area contributed by atoms with E-state index in [1.54, 1.807) is 18.2 Å². The Morgan fingerprint density at radius 2 is 1.71 bits per heavy atom. The molecule has 0 aliphatic carbocycles. The van der Waals surface area contributed by atoms with Gasteiger partial charge in [0.05, 0.1) is 22.1 Å². The van der Waals surface area contributed by atoms with Crippen molar-refractivity contribution in [1.29, 1.82) is 0 Å². The number of hydrogen-bond acceptors (Lipinski definition) is 2. The summed E-state index contributed by atoms with van der Waals surface area (Å²) in [5.41, 5.74) is -0.417. The van der Waals surface area contributed by atoms with Crippen LogP contribution in [0.5, 0.6) is 0 Å². The lowest BCUT2D eigenvalue weighted by molar-refractivity contribution is -0.137. The number of rotatable bonds is 3. The Bertz CT molecular complexity index is 654. The number of halogens is 5. The zero-order valence-electron chi connectivity index (χ0n) is 10.3. The Labute approximate surface area is 131 Å². The predicted octanol–water partition coefficient (Wildman–Crippen LogP) is 4.72. The molecule has 0 amide bonds. The van der Waals surface area contributed by atoms with E-state index in [-0.39, 0.29) is 10.8 Å². The summed E-state index contributed by atoms with van der Waals surface area (Å²) < 4.78 is 49.4. The molecule has 1 aromatic carbocycles. The van der Waals surface area contributed by atoms with Crippen LogP contribution in [0.2, 0.25) is 10.0 Å². The van der Waals surface area contributed by atoms with Crippen molar-refractivity contribution in [2.24, 2.45) is 0 Å². The van der Waals surface area contributed by atoms with Crippen LogP contribution < -0.4 is 0 Å². The van der Waals surface area contributed by atoms with Crippen LogP contribution in [-0.2, 0) is 22.7 Å². The van der Waals surface area contributed by atoms with Crippen molar-refractivity contribution in [1.82, 2.24) is 4.98 Å². The first-order valence-corrected chi connectivity index (χ1v) is 7.71. The topological polar surface area (TPSA) is 30.0 Å². The fourth-order valence-electron chi connectivity index (χ4n) is 1.56. The Hall–Kier alpha value is -1.11. The molecule has 0 aliphatic rings. The number of benzene rings is 1. The third kappa shape index (κ3) is 3.96. The van der Waals surface area contributed by atoms with Crippen LogP contribution in [0.15, 0.2) is 41.6 Å². The molecule has 0 bridgehead atoms. The van der Waals surface area contributed by atoms with Gasteiger partial charge in [-0.05, 0) is 24.3 Å². The molecule has 8 heteroatoms. The molecule has 2 rings (SSSR count). The standard InChI is InChI=1S/C13H8Cl2F3NOS/c14-10-2-1-3-11(15)9(10)7-21(20)12-5-4-8(6-19-12)13(16,17)18/h1-6H,7H2/t21-/m1/s1. The number of alkyl halides is 3. The molecule has 21 heavy (non-hydrogen) atoms. The van der Waals surface area contributed by atoms with E-state index in [0.29, 0.717) is 21.8 Å². The minimum atomic E-state index is -4.47. The lowest BCUT2D eigenvalue weighted by Gasteiger charge is -2.08. The SMILES string of the molecule is O=[S@](Cc1c(Cl)cccc1Cl)c1ccc(C(F)(F)F)cn1. The monoisotopic (exact) mass is 353 g/mol. The Balaban J connectivity index is 2.21. The van der Waals surface area contributed by atoms with Gasteiger partial charge in [-0.25, -0.2) is 4.98 Å². The van der Waals surface area contributed by atoms with Crippen LogP contribution in [0.4, 0.5) is 13.2 Å². The van der Waals surface area contributed by atoms with Gasteiger partial charge >= 0.3 is 6.18 Å². The maximum atomic E-state index is 12.4. The zero-order valence-corrected chi connectivity index (χ0v) is 12.7. The van der Waals surface area contributed by atoms with Crippen molar-refractivity contribution in [3.8, 4) is 0 Å². The largest absolute Gasteiger partial charge is 0.417 e. The quantitative estimate of drug-likeness (QED) is 0.799. The van der Waals surface area contributed by atoms with Crippen LogP contribution in [0.3, 0.4) is 0 Å². The lowest BCUT2D eigenvalue weighted by atomic mass is 10.2. The summed E-state index contributed by atoms with van der Waals surface area (Å²) in [5.74, 6) is -0.0170. The molecule has 0 radical (unpaired) electrons. The van der Waals surface area contributed by atoms with Gasteiger partial charge in [-0.15, -0.1) is 0 Å². The van der Waals surface area contributed by atoms with E-state index in [1.165, 1.54) is 0 Å². The summed E-state index contributed by atoms with van der Waals surface area (Å²) >= 11 is 11.9. The highest BCUT2D eigenvalue weighted by molar-refractivity contribution is 7.84. The molecule has 0 N–H and O–H groups in total. The van der Waals surface area contributed by atoms with Gasteiger partial charge in [-0.3, -0.25) is 4.21 Å². The average molecular weight is 354 g/mol. The first kappa shape index (κ1) is 16.3. The Kier molecular flexibility index (Phi) is 4.91. The molecule has 2 nitrogen and oxygen atoms in total. The molecule has 0 aliphatic heterocycles. The third-order valence-corrected chi connectivity index (χ3v) is 4.60. The second kappa shape index (κ2) is 6.34. The molecule has 0 saturated heterocycles. The van der Waals surface area contributed by atoms with Crippen molar-refractivity contribution >= 4 is 34.0 Å². The molecule has 1 aromatic heterocycles. The van der Waals surface area contributed by atoms with Gasteiger partial charge < -0.3 is 0 Å². The van der Waals surface area contributed by atoms with Crippen LogP contribution in [0.25, 0.3) is 0 Å². The molecular formula is C13H8Cl2F3NOS. The van der Waals surface area contributed by atoms with Crippen molar-refractivity contribution < 1.29 is 17.4 Å². The fraction of sp³-hybridized carbons (Fsp3) is 0.154. The van der Waals surface area contributed by atoms with Gasteiger partial charge in [0.25, 0.3) is 0 Å². The van der Waals surface area contributed by atoms with Gasteiger partial charge in [0, 0.05) is 21.8 Å². The van der Waals surface area contributed by atoms with Crippen LogP contribution in [0, 0.1) is 0 Å². The summed E-state index contributed by atoms with van der Waals surface area (Å²) in [6.07, 6.45) is -3.82. The summed E-state index contributed by atoms with van der Waals surface area (Å²) in [5, 5.41) is 0.740. The normalized spacial score (nSPS) is 13.2. The predicted molar refractivity (Wildman–Crippen MR) is 75.8 cm³/mol. The summed E-state index contributed by atoms with van der Waals surface area (Å²) in [6, 6.07) is 6.77. The van der Waals surface area contributed by atoms with Gasteiger partial charge in [0.2, 0.25) is 0 Å². The van der Waals surface area contributed by atoms with E-state index in [2.05, 4.69) is 4.98 Å². The van der Waals surface area contributed by atoms with E-state index in [9.17, 15) is 17.4 Å². The maximum Gasteiger partial charge on any atom is 0.417 e. The number of hydrogen-bond donors (Lipinski definition) is 0. The van der Waals surface area contributed by atoms with Crippen LogP contribution in [-0.4, -0.2) is 9.19 Å². The van der Waals surface area contributed by atoms with E-state index in [0.717, 1.165) is 12.1 Å². The molecular weight excluding hydrogens is 346 g/mol. The van der Waals surface area contributed by atoms with Crippen LogP contribution >= 0.6 is 23.2 Å². The zero-order chi connectivity index (χ0) is 15.6. The van der Waals surface area contributed by atoms with E-state index < -0.39 is 22.5 Å². The molecule has 0 spiro atoms. The van der Waals surface area contributed by atoms with E-state index in [4.69, 9.17) is 23.2 Å². The minimum absolute atomic E-state index is 0.0170. The molecule has 1 heterocycles. The first-order valence-electron chi connectivity index (χ1n) is 5.63. The van der Waals surface area contributed by atoms with Gasteiger partial charge in [-0.2, -0.15) is 13.2 Å². The molecule has 2 aromatic rings. The third-order valence-electron chi connectivity index (χ3n) is 2.63. The van der Waals surface area contributed by atoms with Gasteiger partial charge in [0.15, 0.2) is 0 Å². The van der Waals surface area contributed by atoms with Crippen molar-refractivity contribution in [3.63, 3.8) is 0 Å². The highest BCUT2D eigenvalue weighted by Gasteiger charge is 2.30. The molecule has 112 valence electrons. The highest BCUT2D eigenvalue weighted by atomic mass is 35.5. The summed E-state index contributed by atoms with van der Waals surface area (Å²) in [7, 11) is -1.64. The fourth-order valence-corrected chi connectivity index (χ4v) is 3.36. The van der Waals surface area contributed by atoms with Crippen molar-refractivity contribution in [3.05, 3.63) is 57.7 Å². The molecule has 0 unspecified atom stereocenters. The van der Waals surface area contributed by atoms with E-state index >= 15 is 0 Å². The van der Waals surface area contributed by atoms with Gasteiger partial charge in [0.1, 0.15) is 5.03 Å². The Morgan fingerprint density at radius 1 is 1.10 bits per heavy atom. The van der Waals surface area contributed by atoms with Gasteiger partial charge in [-0.1, -0.05) is 29.3 Å². The molecule has 1 atom stereocenters. The second-order valence-corrected chi connectivity index (χ2v) is 6.29. The Morgan fingerprint density at radius 3 is 2.19 bits per heavy atom. The van der Waals surface area contributed by atoms with Crippen LogP contribution in [0.1, 0.15) is 11.1 Å². The summed E-state index contributed by atoms with van der Waals surface area (Å²) in [6.45, 7) is 0. The highest BCUT2D eigenvalue weighted by Crippen LogP contribution is 2.30. The number of pyridine rings is 1. The smallest absolute Gasteiger partial charge is 0.252 e. The number of aromatic nitrogens is 1. The lowest BCUT2D eigenvalue weighted by Crippen LogP contribution is -2.07. The number of nitrogens with zero attached hydrogens (tertiary/aromatic N) is 1. The second-order valence-electron chi connectivity index (χ2n) is 4.07. The maximum absolute atomic E-state index is 12.4.